The van der Waals surface area contributed by atoms with E-state index in [0.717, 1.165) is 40.9 Å². The average molecular weight is 399 g/mol. The highest BCUT2D eigenvalue weighted by atomic mass is 32.2. The van der Waals surface area contributed by atoms with E-state index in [0.29, 0.717) is 0 Å². The maximum Gasteiger partial charge on any atom is 0.235 e. The summed E-state index contributed by atoms with van der Waals surface area (Å²) in [5.41, 5.74) is 2.21. The number of nitrogens with zero attached hydrogens (tertiary/aromatic N) is 5. The lowest BCUT2D eigenvalue weighted by Gasteiger charge is -2.14. The highest BCUT2D eigenvalue weighted by Crippen LogP contribution is 2.26. The summed E-state index contributed by atoms with van der Waals surface area (Å²) in [6.45, 7) is 9.03. The normalized spacial score (nSPS) is 12.1. The van der Waals surface area contributed by atoms with Gasteiger partial charge in [-0.3, -0.25) is 4.79 Å². The highest BCUT2D eigenvalue weighted by molar-refractivity contribution is 7.99. The molecule has 0 aliphatic carbocycles. The summed E-state index contributed by atoms with van der Waals surface area (Å²) in [7, 11) is 0. The number of anilines is 1. The van der Waals surface area contributed by atoms with Crippen LogP contribution < -0.4 is 5.32 Å². The molecule has 0 bridgehead atoms. The van der Waals surface area contributed by atoms with Gasteiger partial charge in [0.1, 0.15) is 5.82 Å². The number of hydrogen-bond donors (Lipinski definition) is 1. The van der Waals surface area contributed by atoms with Gasteiger partial charge in [0.2, 0.25) is 5.91 Å². The van der Waals surface area contributed by atoms with Crippen LogP contribution in [0.15, 0.2) is 41.7 Å². The lowest BCUT2D eigenvalue weighted by Crippen LogP contribution is -2.19. The number of aromatic nitrogens is 5. The van der Waals surface area contributed by atoms with Gasteiger partial charge in [-0.15, -0.1) is 10.2 Å². The number of carbonyl (C=O) groups excluding carboxylic acids is 1. The van der Waals surface area contributed by atoms with Crippen LogP contribution in [-0.2, 0) is 11.3 Å². The topological polar surface area (TPSA) is 77.6 Å². The molecule has 2 heterocycles. The first-order chi connectivity index (χ1) is 13.5. The zero-order valence-electron chi connectivity index (χ0n) is 16.7. The van der Waals surface area contributed by atoms with Gasteiger partial charge in [-0.25, -0.2) is 4.68 Å². The summed E-state index contributed by atoms with van der Waals surface area (Å²) in [6.07, 6.45) is 2.65. The summed E-state index contributed by atoms with van der Waals surface area (Å²) in [5.74, 6) is 1.73. The number of carbonyl (C=O) groups is 1. The first-order valence-corrected chi connectivity index (χ1v) is 10.5. The van der Waals surface area contributed by atoms with Crippen LogP contribution in [0.3, 0.4) is 0 Å². The largest absolute Gasteiger partial charge is 0.310 e. The minimum absolute atomic E-state index is 0.0850. The third-order valence-corrected chi connectivity index (χ3v) is 5.66. The van der Waals surface area contributed by atoms with E-state index in [4.69, 9.17) is 0 Å². The Labute approximate surface area is 169 Å². The van der Waals surface area contributed by atoms with Gasteiger partial charge in [0.05, 0.1) is 18.0 Å². The lowest BCUT2D eigenvalue weighted by atomic mass is 10.1. The van der Waals surface area contributed by atoms with Gasteiger partial charge in [-0.05, 0) is 32.8 Å². The third kappa shape index (κ3) is 4.27. The van der Waals surface area contributed by atoms with Crippen molar-refractivity contribution in [2.75, 3.05) is 11.1 Å². The number of nitrogens with one attached hydrogen (secondary N) is 1. The van der Waals surface area contributed by atoms with Crippen molar-refractivity contribution in [1.82, 2.24) is 24.5 Å². The Morgan fingerprint density at radius 1 is 1.21 bits per heavy atom. The maximum atomic E-state index is 12.4. The molecule has 1 unspecified atom stereocenters. The Morgan fingerprint density at radius 3 is 2.71 bits per heavy atom. The second kappa shape index (κ2) is 9.05. The molecular formula is C20H26N6OS. The molecule has 0 aliphatic rings. The molecular weight excluding hydrogens is 372 g/mol. The molecule has 0 saturated carbocycles. The zero-order valence-corrected chi connectivity index (χ0v) is 17.5. The van der Waals surface area contributed by atoms with E-state index in [9.17, 15) is 4.79 Å². The Kier molecular flexibility index (Phi) is 6.51. The number of rotatable bonds is 8. The molecule has 28 heavy (non-hydrogen) atoms. The SMILES string of the molecule is CCC(C)n1nccc1NC(=O)CSc1nnc(-c2ccccc2C)n1CC. The molecule has 0 spiro atoms. The standard InChI is InChI=1S/C20H26N6OS/c1-5-15(4)26-17(11-12-21-26)22-18(27)13-28-20-24-23-19(25(20)6-2)16-10-8-7-9-14(16)3/h7-12,15H,5-6,13H2,1-4H3,(H,22,27). The van der Waals surface area contributed by atoms with Crippen LogP contribution in [0.5, 0.6) is 0 Å². The van der Waals surface area contributed by atoms with Crippen LogP contribution in [0, 0.1) is 6.92 Å². The second-order valence-electron chi connectivity index (χ2n) is 6.62. The fourth-order valence-electron chi connectivity index (χ4n) is 2.95. The van der Waals surface area contributed by atoms with Crippen molar-refractivity contribution >= 4 is 23.5 Å². The van der Waals surface area contributed by atoms with Crippen LogP contribution in [-0.4, -0.2) is 36.2 Å². The van der Waals surface area contributed by atoms with Gasteiger partial charge >= 0.3 is 0 Å². The highest BCUT2D eigenvalue weighted by Gasteiger charge is 2.17. The number of hydrogen-bond acceptors (Lipinski definition) is 5. The van der Waals surface area contributed by atoms with Crippen LogP contribution in [0.4, 0.5) is 5.82 Å². The van der Waals surface area contributed by atoms with Gasteiger partial charge in [-0.1, -0.05) is 43.0 Å². The molecule has 0 radical (unpaired) electrons. The monoisotopic (exact) mass is 398 g/mol. The summed E-state index contributed by atoms with van der Waals surface area (Å²) in [4.78, 5) is 12.4. The molecule has 1 atom stereocenters. The van der Waals surface area contributed by atoms with Crippen LogP contribution in [0.2, 0.25) is 0 Å². The smallest absolute Gasteiger partial charge is 0.235 e. The van der Waals surface area contributed by atoms with Gasteiger partial charge in [0.15, 0.2) is 11.0 Å². The average Bonchev–Trinajstić information content (AvgIpc) is 3.32. The Balaban J connectivity index is 1.69. The lowest BCUT2D eigenvalue weighted by molar-refractivity contribution is -0.113. The van der Waals surface area contributed by atoms with Crippen LogP contribution in [0.1, 0.15) is 38.8 Å². The molecule has 2 aromatic heterocycles. The van der Waals surface area contributed by atoms with Crippen molar-refractivity contribution in [1.29, 1.82) is 0 Å². The van der Waals surface area contributed by atoms with E-state index in [1.54, 1.807) is 6.20 Å². The van der Waals surface area contributed by atoms with E-state index >= 15 is 0 Å². The van der Waals surface area contributed by atoms with Gasteiger partial charge in [0, 0.05) is 18.2 Å². The van der Waals surface area contributed by atoms with Crippen molar-refractivity contribution in [3.8, 4) is 11.4 Å². The predicted molar refractivity (Wildman–Crippen MR) is 112 cm³/mol. The van der Waals surface area contributed by atoms with Crippen LogP contribution in [0.25, 0.3) is 11.4 Å². The van der Waals surface area contributed by atoms with E-state index < -0.39 is 0 Å². The van der Waals surface area contributed by atoms with Crippen molar-refractivity contribution in [2.24, 2.45) is 0 Å². The minimum atomic E-state index is -0.0850. The molecule has 0 fully saturated rings. The summed E-state index contributed by atoms with van der Waals surface area (Å²) in [6, 6.07) is 10.2. The third-order valence-electron chi connectivity index (χ3n) is 4.70. The number of aryl methyl sites for hydroxylation is 1. The fourth-order valence-corrected chi connectivity index (χ4v) is 3.75. The number of amides is 1. The molecule has 1 aromatic carbocycles. The second-order valence-corrected chi connectivity index (χ2v) is 7.56. The molecule has 8 heteroatoms. The first-order valence-electron chi connectivity index (χ1n) is 9.50. The first kappa shape index (κ1) is 20.1. The molecule has 0 saturated heterocycles. The van der Waals surface area contributed by atoms with Crippen molar-refractivity contribution in [2.45, 2.75) is 51.9 Å². The van der Waals surface area contributed by atoms with E-state index in [2.05, 4.69) is 54.4 Å². The van der Waals surface area contributed by atoms with Gasteiger partial charge < -0.3 is 9.88 Å². The van der Waals surface area contributed by atoms with Crippen molar-refractivity contribution in [3.05, 3.63) is 42.1 Å². The Morgan fingerprint density at radius 2 is 2.00 bits per heavy atom. The number of thioether (sulfide) groups is 1. The van der Waals surface area contributed by atoms with Crippen LogP contribution >= 0.6 is 11.8 Å². The molecule has 148 valence electrons. The van der Waals surface area contributed by atoms with E-state index in [-0.39, 0.29) is 17.7 Å². The minimum Gasteiger partial charge on any atom is -0.310 e. The van der Waals surface area contributed by atoms with Gasteiger partial charge in [-0.2, -0.15) is 5.10 Å². The predicted octanol–water partition coefficient (Wildman–Crippen LogP) is 4.17. The fraction of sp³-hybridized carbons (Fsp3) is 0.400. The molecule has 3 rings (SSSR count). The van der Waals surface area contributed by atoms with Crippen molar-refractivity contribution < 1.29 is 4.79 Å². The molecule has 0 aliphatic heterocycles. The summed E-state index contributed by atoms with van der Waals surface area (Å²) in [5, 5.41) is 16.7. The Hall–Kier alpha value is -2.61. The molecule has 1 N–H and O–H groups in total. The Bertz CT molecular complexity index is 948. The zero-order chi connectivity index (χ0) is 20.1. The van der Waals surface area contributed by atoms with Gasteiger partial charge in [0.25, 0.3) is 0 Å². The number of benzene rings is 1. The van der Waals surface area contributed by atoms with E-state index in [1.165, 1.54) is 11.8 Å². The van der Waals surface area contributed by atoms with E-state index in [1.807, 2.05) is 33.5 Å². The molecule has 3 aromatic rings. The van der Waals surface area contributed by atoms with Crippen molar-refractivity contribution in [3.63, 3.8) is 0 Å². The summed E-state index contributed by atoms with van der Waals surface area (Å²) >= 11 is 1.39. The summed E-state index contributed by atoms with van der Waals surface area (Å²) < 4.78 is 3.89. The molecule has 1 amide bonds. The quantitative estimate of drug-likeness (QED) is 0.576. The molecule has 7 nitrogen and oxygen atoms in total. The maximum absolute atomic E-state index is 12.4.